The number of amides is 1. The summed E-state index contributed by atoms with van der Waals surface area (Å²) in [6, 6.07) is 15.5. The molecule has 1 aliphatic heterocycles. The van der Waals surface area contributed by atoms with E-state index >= 15 is 0 Å². The molecule has 2 aromatic carbocycles. The Morgan fingerprint density at radius 2 is 1.92 bits per heavy atom. The standard InChI is InChI=1S/C20H21NO2S/c22-19(21-15-5-7-16(24)8-6-15)17-3-1-2-4-18(17)20-10-12-23-11-9-14(20)13-20/h1-8,14,24H,9-13H2,(H,21,22). The predicted molar refractivity (Wildman–Crippen MR) is 97.9 cm³/mol. The van der Waals surface area contributed by atoms with E-state index in [4.69, 9.17) is 4.74 Å². The number of hydrogen-bond acceptors (Lipinski definition) is 3. The van der Waals surface area contributed by atoms with Gasteiger partial charge in [0.15, 0.2) is 0 Å². The summed E-state index contributed by atoms with van der Waals surface area (Å²) in [6.07, 6.45) is 3.28. The molecule has 1 aliphatic carbocycles. The Bertz CT molecular complexity index is 758. The van der Waals surface area contributed by atoms with E-state index in [1.165, 1.54) is 12.0 Å². The third-order valence-corrected chi connectivity index (χ3v) is 5.67. The maximum absolute atomic E-state index is 12.8. The van der Waals surface area contributed by atoms with Crippen LogP contribution < -0.4 is 5.32 Å². The average molecular weight is 339 g/mol. The first-order valence-corrected chi connectivity index (χ1v) is 8.91. The highest BCUT2D eigenvalue weighted by atomic mass is 32.1. The monoisotopic (exact) mass is 339 g/mol. The Balaban J connectivity index is 1.62. The Morgan fingerprint density at radius 3 is 2.75 bits per heavy atom. The van der Waals surface area contributed by atoms with E-state index in [0.29, 0.717) is 5.92 Å². The smallest absolute Gasteiger partial charge is 0.255 e. The van der Waals surface area contributed by atoms with Crippen molar-refractivity contribution in [2.45, 2.75) is 29.6 Å². The zero-order chi connectivity index (χ0) is 16.6. The molecule has 2 fully saturated rings. The molecule has 1 saturated carbocycles. The summed E-state index contributed by atoms with van der Waals surface area (Å²) in [4.78, 5) is 13.7. The third kappa shape index (κ3) is 2.85. The normalized spacial score (nSPS) is 25.5. The fourth-order valence-corrected chi connectivity index (χ4v) is 4.12. The van der Waals surface area contributed by atoms with Crippen LogP contribution in [0.3, 0.4) is 0 Å². The second kappa shape index (κ2) is 6.26. The molecule has 0 bridgehead atoms. The number of rotatable bonds is 3. The van der Waals surface area contributed by atoms with Gasteiger partial charge in [-0.3, -0.25) is 4.79 Å². The molecule has 1 amide bonds. The topological polar surface area (TPSA) is 38.3 Å². The van der Waals surface area contributed by atoms with Crippen molar-refractivity contribution < 1.29 is 9.53 Å². The molecule has 4 heteroatoms. The highest BCUT2D eigenvalue weighted by Crippen LogP contribution is 2.60. The minimum atomic E-state index is -0.0392. The van der Waals surface area contributed by atoms with Crippen LogP contribution in [0.2, 0.25) is 0 Å². The van der Waals surface area contributed by atoms with Gasteiger partial charge < -0.3 is 10.1 Å². The molecule has 124 valence electrons. The molecule has 2 unspecified atom stereocenters. The molecule has 2 aliphatic rings. The summed E-state index contributed by atoms with van der Waals surface area (Å²) in [5.41, 5.74) is 2.90. The van der Waals surface area contributed by atoms with Crippen LogP contribution in [-0.2, 0) is 10.2 Å². The molecule has 0 aromatic heterocycles. The van der Waals surface area contributed by atoms with Crippen molar-refractivity contribution in [2.24, 2.45) is 5.92 Å². The summed E-state index contributed by atoms with van der Waals surface area (Å²) in [6.45, 7) is 1.63. The minimum Gasteiger partial charge on any atom is -0.381 e. The van der Waals surface area contributed by atoms with Crippen molar-refractivity contribution in [3.8, 4) is 0 Å². The largest absolute Gasteiger partial charge is 0.381 e. The lowest BCUT2D eigenvalue weighted by atomic mass is 9.86. The van der Waals surface area contributed by atoms with E-state index in [0.717, 1.165) is 42.2 Å². The van der Waals surface area contributed by atoms with Gasteiger partial charge in [0.05, 0.1) is 0 Å². The maximum atomic E-state index is 12.8. The number of nitrogens with one attached hydrogen (secondary N) is 1. The lowest BCUT2D eigenvalue weighted by Crippen LogP contribution is -2.20. The Labute approximate surface area is 147 Å². The number of carbonyl (C=O) groups excluding carboxylic acids is 1. The number of thiol groups is 1. The van der Waals surface area contributed by atoms with Crippen molar-refractivity contribution in [2.75, 3.05) is 18.5 Å². The summed E-state index contributed by atoms with van der Waals surface area (Å²) < 4.78 is 5.64. The van der Waals surface area contributed by atoms with Crippen LogP contribution in [0.1, 0.15) is 35.2 Å². The first kappa shape index (κ1) is 15.7. The van der Waals surface area contributed by atoms with E-state index in [-0.39, 0.29) is 11.3 Å². The summed E-state index contributed by atoms with van der Waals surface area (Å²) in [5.74, 6) is 0.611. The highest BCUT2D eigenvalue weighted by Gasteiger charge is 2.56. The quantitative estimate of drug-likeness (QED) is 0.819. The Kier molecular flexibility index (Phi) is 4.10. The molecule has 0 spiro atoms. The molecule has 0 radical (unpaired) electrons. The van der Waals surface area contributed by atoms with Crippen LogP contribution in [0.15, 0.2) is 53.4 Å². The van der Waals surface area contributed by atoms with Gasteiger partial charge in [-0.05, 0) is 61.1 Å². The second-order valence-electron chi connectivity index (χ2n) is 6.75. The Hall–Kier alpha value is -1.78. The van der Waals surface area contributed by atoms with Crippen molar-refractivity contribution >= 4 is 24.2 Å². The Morgan fingerprint density at radius 1 is 1.12 bits per heavy atom. The average Bonchev–Trinajstić information content (AvgIpc) is 3.32. The number of fused-ring (bicyclic) bond motifs is 1. The zero-order valence-electron chi connectivity index (χ0n) is 13.5. The summed E-state index contributed by atoms with van der Waals surface area (Å²) >= 11 is 4.28. The summed E-state index contributed by atoms with van der Waals surface area (Å²) in [5, 5.41) is 3.01. The molecule has 1 heterocycles. The number of ether oxygens (including phenoxy) is 1. The maximum Gasteiger partial charge on any atom is 0.255 e. The zero-order valence-corrected chi connectivity index (χ0v) is 14.4. The number of anilines is 1. The van der Waals surface area contributed by atoms with Crippen molar-refractivity contribution in [1.82, 2.24) is 0 Å². The van der Waals surface area contributed by atoms with E-state index in [1.807, 2.05) is 42.5 Å². The van der Waals surface area contributed by atoms with Gasteiger partial charge in [-0.2, -0.15) is 0 Å². The highest BCUT2D eigenvalue weighted by molar-refractivity contribution is 7.80. The van der Waals surface area contributed by atoms with Gasteiger partial charge in [0, 0.05) is 34.8 Å². The lowest BCUT2D eigenvalue weighted by Gasteiger charge is -2.19. The van der Waals surface area contributed by atoms with Crippen molar-refractivity contribution in [3.63, 3.8) is 0 Å². The fourth-order valence-electron chi connectivity index (χ4n) is 3.97. The SMILES string of the molecule is O=C(Nc1ccc(S)cc1)c1ccccc1C12CCOCCC1C2. The van der Waals surface area contributed by atoms with Crippen LogP contribution in [0.5, 0.6) is 0 Å². The molecule has 2 aromatic rings. The van der Waals surface area contributed by atoms with Crippen molar-refractivity contribution in [3.05, 3.63) is 59.7 Å². The molecule has 4 rings (SSSR count). The minimum absolute atomic E-state index is 0.0392. The first-order valence-electron chi connectivity index (χ1n) is 8.47. The van der Waals surface area contributed by atoms with Crippen LogP contribution in [0.25, 0.3) is 0 Å². The van der Waals surface area contributed by atoms with Gasteiger partial charge in [-0.25, -0.2) is 0 Å². The molecular weight excluding hydrogens is 318 g/mol. The van der Waals surface area contributed by atoms with Gasteiger partial charge in [-0.15, -0.1) is 12.6 Å². The van der Waals surface area contributed by atoms with E-state index in [1.54, 1.807) is 0 Å². The van der Waals surface area contributed by atoms with Crippen LogP contribution in [0, 0.1) is 5.92 Å². The number of benzene rings is 2. The molecule has 1 saturated heterocycles. The molecule has 1 N–H and O–H groups in total. The molecular formula is C20H21NO2S. The van der Waals surface area contributed by atoms with Crippen LogP contribution in [-0.4, -0.2) is 19.1 Å². The second-order valence-corrected chi connectivity index (χ2v) is 7.27. The van der Waals surface area contributed by atoms with E-state index < -0.39 is 0 Å². The fraction of sp³-hybridized carbons (Fsp3) is 0.350. The molecule has 24 heavy (non-hydrogen) atoms. The number of carbonyl (C=O) groups is 1. The predicted octanol–water partition coefficient (Wildman–Crippen LogP) is 4.30. The first-order chi connectivity index (χ1) is 11.7. The third-order valence-electron chi connectivity index (χ3n) is 5.37. The van der Waals surface area contributed by atoms with Gasteiger partial charge in [0.25, 0.3) is 5.91 Å². The lowest BCUT2D eigenvalue weighted by molar-refractivity contribution is 0.102. The summed E-state index contributed by atoms with van der Waals surface area (Å²) in [7, 11) is 0. The van der Waals surface area contributed by atoms with Crippen LogP contribution in [0.4, 0.5) is 5.69 Å². The molecule has 2 atom stereocenters. The van der Waals surface area contributed by atoms with Gasteiger partial charge in [-0.1, -0.05) is 18.2 Å². The van der Waals surface area contributed by atoms with Gasteiger partial charge in [0.2, 0.25) is 0 Å². The van der Waals surface area contributed by atoms with E-state index in [2.05, 4.69) is 24.0 Å². The number of hydrogen-bond donors (Lipinski definition) is 2. The van der Waals surface area contributed by atoms with Gasteiger partial charge in [0.1, 0.15) is 0 Å². The van der Waals surface area contributed by atoms with Crippen LogP contribution >= 0.6 is 12.6 Å². The van der Waals surface area contributed by atoms with E-state index in [9.17, 15) is 4.79 Å². The van der Waals surface area contributed by atoms with Crippen molar-refractivity contribution in [1.29, 1.82) is 0 Å². The van der Waals surface area contributed by atoms with Gasteiger partial charge >= 0.3 is 0 Å². The molecule has 3 nitrogen and oxygen atoms in total.